The average molecular weight is 409 g/mol. The Morgan fingerprint density at radius 2 is 1.52 bits per heavy atom. The summed E-state index contributed by atoms with van der Waals surface area (Å²) in [5, 5.41) is 0.709. The van der Waals surface area contributed by atoms with Gasteiger partial charge in [-0.3, -0.25) is 4.79 Å². The molecule has 0 spiro atoms. The first kappa shape index (κ1) is 20.5. The average Bonchev–Trinajstić information content (AvgIpc) is 2.78. The minimum atomic E-state index is -0.897. The quantitative estimate of drug-likeness (QED) is 0.302. The van der Waals surface area contributed by atoms with Gasteiger partial charge in [0.05, 0.1) is 16.8 Å². The largest absolute Gasteiger partial charge is 0.451 e. The number of hydrogen-bond donors (Lipinski definition) is 0. The highest BCUT2D eigenvalue weighted by Gasteiger charge is 2.22. The number of pyridine rings is 1. The third-order valence-corrected chi connectivity index (χ3v) is 5.24. The SMILES string of the molecule is Cc1ccc(-c2cc(C(=O)OC(C)C(=O)c3ccccc3)c3cc(C)ccc3n2)cc1. The van der Waals surface area contributed by atoms with Crippen LogP contribution in [-0.2, 0) is 4.74 Å². The fraction of sp³-hybridized carbons (Fsp3) is 0.148. The van der Waals surface area contributed by atoms with Crippen LogP contribution in [0.15, 0.2) is 78.9 Å². The van der Waals surface area contributed by atoms with Crippen molar-refractivity contribution < 1.29 is 14.3 Å². The van der Waals surface area contributed by atoms with Gasteiger partial charge in [-0.05, 0) is 39.0 Å². The van der Waals surface area contributed by atoms with E-state index in [4.69, 9.17) is 9.72 Å². The van der Waals surface area contributed by atoms with Gasteiger partial charge in [-0.15, -0.1) is 0 Å². The van der Waals surface area contributed by atoms with Crippen LogP contribution in [0.25, 0.3) is 22.2 Å². The topological polar surface area (TPSA) is 56.3 Å². The number of esters is 1. The zero-order valence-corrected chi connectivity index (χ0v) is 17.8. The van der Waals surface area contributed by atoms with Gasteiger partial charge in [0.1, 0.15) is 0 Å². The van der Waals surface area contributed by atoms with Crippen molar-refractivity contribution in [2.75, 3.05) is 0 Å². The molecule has 0 aliphatic rings. The predicted octanol–water partition coefficient (Wildman–Crippen LogP) is 5.95. The maximum atomic E-state index is 13.2. The third kappa shape index (κ3) is 4.38. The van der Waals surface area contributed by atoms with Crippen LogP contribution in [0.4, 0.5) is 0 Å². The molecule has 0 bridgehead atoms. The number of nitrogens with zero attached hydrogens (tertiary/aromatic N) is 1. The molecular weight excluding hydrogens is 386 g/mol. The molecule has 0 radical (unpaired) electrons. The minimum Gasteiger partial charge on any atom is -0.451 e. The molecule has 1 unspecified atom stereocenters. The van der Waals surface area contributed by atoms with E-state index in [0.717, 1.165) is 16.7 Å². The van der Waals surface area contributed by atoms with Gasteiger partial charge in [0, 0.05) is 16.5 Å². The predicted molar refractivity (Wildman–Crippen MR) is 122 cm³/mol. The highest BCUT2D eigenvalue weighted by molar-refractivity contribution is 6.07. The summed E-state index contributed by atoms with van der Waals surface area (Å²) in [6, 6.07) is 24.3. The Balaban J connectivity index is 1.72. The lowest BCUT2D eigenvalue weighted by molar-refractivity contribution is 0.0320. The summed E-state index contributed by atoms with van der Waals surface area (Å²) >= 11 is 0. The van der Waals surface area contributed by atoms with Gasteiger partial charge < -0.3 is 4.74 Å². The second-order valence-corrected chi connectivity index (χ2v) is 7.72. The van der Waals surface area contributed by atoms with Crippen LogP contribution in [0.2, 0.25) is 0 Å². The van der Waals surface area contributed by atoms with Crippen molar-refractivity contribution in [1.29, 1.82) is 0 Å². The highest BCUT2D eigenvalue weighted by atomic mass is 16.5. The molecule has 0 saturated heterocycles. The number of aryl methyl sites for hydroxylation is 2. The van der Waals surface area contributed by atoms with E-state index < -0.39 is 12.1 Å². The van der Waals surface area contributed by atoms with Crippen molar-refractivity contribution in [3.63, 3.8) is 0 Å². The third-order valence-electron chi connectivity index (χ3n) is 5.24. The maximum absolute atomic E-state index is 13.2. The molecule has 4 aromatic rings. The number of ketones is 1. The molecule has 0 amide bonds. The lowest BCUT2D eigenvalue weighted by Gasteiger charge is -2.15. The minimum absolute atomic E-state index is 0.234. The smallest absolute Gasteiger partial charge is 0.339 e. The van der Waals surface area contributed by atoms with Gasteiger partial charge in [-0.25, -0.2) is 9.78 Å². The van der Waals surface area contributed by atoms with Crippen LogP contribution in [0.3, 0.4) is 0 Å². The van der Waals surface area contributed by atoms with Crippen molar-refractivity contribution in [3.05, 3.63) is 101 Å². The first-order valence-corrected chi connectivity index (χ1v) is 10.2. The Bertz CT molecular complexity index is 1260. The lowest BCUT2D eigenvalue weighted by Crippen LogP contribution is -2.24. The van der Waals surface area contributed by atoms with Crippen molar-refractivity contribution in [2.45, 2.75) is 26.9 Å². The Morgan fingerprint density at radius 1 is 0.839 bits per heavy atom. The van der Waals surface area contributed by atoms with Gasteiger partial charge in [0.15, 0.2) is 6.10 Å². The van der Waals surface area contributed by atoms with Crippen LogP contribution in [-0.4, -0.2) is 22.8 Å². The summed E-state index contributed by atoms with van der Waals surface area (Å²) < 4.78 is 5.59. The number of rotatable bonds is 5. The van der Waals surface area contributed by atoms with Crippen LogP contribution >= 0.6 is 0 Å². The summed E-state index contributed by atoms with van der Waals surface area (Å²) in [5.74, 6) is -0.773. The second-order valence-electron chi connectivity index (χ2n) is 7.72. The fourth-order valence-electron chi connectivity index (χ4n) is 3.50. The van der Waals surface area contributed by atoms with Crippen LogP contribution < -0.4 is 0 Å². The Hall–Kier alpha value is -3.79. The molecule has 0 aliphatic heterocycles. The van der Waals surface area contributed by atoms with Gasteiger partial charge in [0.2, 0.25) is 5.78 Å². The molecule has 0 aliphatic carbocycles. The number of ether oxygens (including phenoxy) is 1. The maximum Gasteiger partial charge on any atom is 0.339 e. The normalized spacial score (nSPS) is 11.8. The standard InChI is InChI=1S/C27H23NO3/c1-17-9-12-20(13-10-17)25-16-23(22-15-18(2)11-14-24(22)28-25)27(30)31-19(3)26(29)21-7-5-4-6-8-21/h4-16,19H,1-3H3. The van der Waals surface area contributed by atoms with Crippen molar-refractivity contribution in [3.8, 4) is 11.3 Å². The van der Waals surface area contributed by atoms with Gasteiger partial charge >= 0.3 is 5.97 Å². The summed E-state index contributed by atoms with van der Waals surface area (Å²) in [6.07, 6.45) is -0.897. The molecule has 0 N–H and O–H groups in total. The van der Waals surface area contributed by atoms with Crippen LogP contribution in [0.5, 0.6) is 0 Å². The summed E-state index contributed by atoms with van der Waals surface area (Å²) in [7, 11) is 0. The van der Waals surface area contributed by atoms with Crippen molar-refractivity contribution in [1.82, 2.24) is 4.98 Å². The zero-order chi connectivity index (χ0) is 22.0. The van der Waals surface area contributed by atoms with E-state index >= 15 is 0 Å². The molecule has 1 atom stereocenters. The number of carbonyl (C=O) groups excluding carboxylic acids is 2. The number of aromatic nitrogens is 1. The highest BCUT2D eigenvalue weighted by Crippen LogP contribution is 2.27. The monoisotopic (exact) mass is 409 g/mol. The Labute approximate surface area is 181 Å². The van der Waals surface area contributed by atoms with E-state index in [1.165, 1.54) is 0 Å². The van der Waals surface area contributed by atoms with E-state index in [1.54, 1.807) is 37.3 Å². The van der Waals surface area contributed by atoms with Gasteiger partial charge in [0.25, 0.3) is 0 Å². The van der Waals surface area contributed by atoms with Gasteiger partial charge in [-0.1, -0.05) is 71.8 Å². The molecule has 4 nitrogen and oxygen atoms in total. The molecule has 1 heterocycles. The molecule has 1 aromatic heterocycles. The van der Waals surface area contributed by atoms with E-state index in [1.807, 2.05) is 62.4 Å². The van der Waals surface area contributed by atoms with Crippen molar-refractivity contribution in [2.24, 2.45) is 0 Å². The number of Topliss-reactive ketones (excluding diaryl/α,β-unsaturated/α-hetero) is 1. The molecule has 4 rings (SSSR count). The zero-order valence-electron chi connectivity index (χ0n) is 17.8. The second kappa shape index (κ2) is 8.52. The first-order valence-electron chi connectivity index (χ1n) is 10.2. The van der Waals surface area contributed by atoms with E-state index in [-0.39, 0.29) is 5.78 Å². The summed E-state index contributed by atoms with van der Waals surface area (Å²) in [5.41, 5.74) is 5.38. The van der Waals surface area contributed by atoms with Crippen LogP contribution in [0.1, 0.15) is 38.8 Å². The molecule has 0 fully saturated rings. The molecule has 0 saturated carbocycles. The number of fused-ring (bicyclic) bond motifs is 1. The summed E-state index contributed by atoms with van der Waals surface area (Å²) in [4.78, 5) is 30.6. The number of hydrogen-bond acceptors (Lipinski definition) is 4. The molecular formula is C27H23NO3. The Morgan fingerprint density at radius 3 is 2.23 bits per heavy atom. The number of benzene rings is 3. The first-order chi connectivity index (χ1) is 14.9. The van der Waals surface area contributed by atoms with Crippen molar-refractivity contribution >= 4 is 22.7 Å². The summed E-state index contributed by atoms with van der Waals surface area (Å²) in [6.45, 7) is 5.58. The van der Waals surface area contributed by atoms with E-state index in [2.05, 4.69) is 0 Å². The van der Waals surface area contributed by atoms with Gasteiger partial charge in [-0.2, -0.15) is 0 Å². The van der Waals surface area contributed by atoms with E-state index in [9.17, 15) is 9.59 Å². The van der Waals surface area contributed by atoms with Crippen LogP contribution in [0, 0.1) is 13.8 Å². The fourth-order valence-corrected chi connectivity index (χ4v) is 3.50. The molecule has 154 valence electrons. The number of carbonyl (C=O) groups is 2. The molecule has 3 aromatic carbocycles. The Kier molecular flexibility index (Phi) is 5.63. The van der Waals surface area contributed by atoms with E-state index in [0.29, 0.717) is 27.7 Å². The molecule has 4 heteroatoms. The molecule has 31 heavy (non-hydrogen) atoms. The lowest BCUT2D eigenvalue weighted by atomic mass is 10.0.